The first kappa shape index (κ1) is 20.3. The zero-order valence-corrected chi connectivity index (χ0v) is 16.5. The summed E-state index contributed by atoms with van der Waals surface area (Å²) in [5.41, 5.74) is -0.214. The Kier molecular flexibility index (Phi) is 5.46. The van der Waals surface area contributed by atoms with E-state index in [1.54, 1.807) is 53.4 Å². The smallest absolute Gasteiger partial charge is 0.366 e. The van der Waals surface area contributed by atoms with Crippen molar-refractivity contribution in [2.75, 3.05) is 31.1 Å². The minimum Gasteiger partial charge on any atom is -0.366 e. The normalized spacial score (nSPS) is 14.8. The third kappa shape index (κ3) is 4.02. The van der Waals surface area contributed by atoms with Crippen molar-refractivity contribution >= 4 is 22.9 Å². The molecule has 2 aromatic carbocycles. The van der Waals surface area contributed by atoms with E-state index in [9.17, 15) is 22.4 Å². The van der Waals surface area contributed by atoms with Crippen molar-refractivity contribution < 1.29 is 22.4 Å². The molecule has 1 fully saturated rings. The van der Waals surface area contributed by atoms with E-state index in [1.807, 2.05) is 0 Å². The highest BCUT2D eigenvalue weighted by Gasteiger charge is 2.41. The second-order valence-electron chi connectivity index (χ2n) is 6.79. The molecule has 0 aliphatic carbocycles. The first-order valence-corrected chi connectivity index (χ1v) is 10.1. The van der Waals surface area contributed by atoms with E-state index < -0.39 is 22.7 Å². The fourth-order valence-corrected chi connectivity index (χ4v) is 4.42. The maximum atomic E-state index is 14.0. The number of rotatable bonds is 3. The number of anilines is 1. The lowest BCUT2D eigenvalue weighted by atomic mass is 10.2. The van der Waals surface area contributed by atoms with Crippen LogP contribution < -0.4 is 4.90 Å². The molecule has 0 unspecified atom stereocenters. The molecular formula is C21H17F4N3OS. The minimum absolute atomic E-state index is 0.149. The molecule has 9 heteroatoms. The number of amides is 1. The largest absolute Gasteiger partial charge is 0.435 e. The van der Waals surface area contributed by atoms with Crippen LogP contribution in [-0.4, -0.2) is 42.0 Å². The van der Waals surface area contributed by atoms with Gasteiger partial charge in [0.05, 0.1) is 5.69 Å². The zero-order chi connectivity index (χ0) is 21.3. The fourth-order valence-electron chi connectivity index (χ4n) is 3.36. The highest BCUT2D eigenvalue weighted by atomic mass is 32.1. The molecule has 0 radical (unpaired) electrons. The van der Waals surface area contributed by atoms with Crippen LogP contribution in [0.4, 0.5) is 23.2 Å². The summed E-state index contributed by atoms with van der Waals surface area (Å²) in [7, 11) is 0. The van der Waals surface area contributed by atoms with Crippen LogP contribution in [0.15, 0.2) is 54.6 Å². The van der Waals surface area contributed by atoms with Crippen molar-refractivity contribution in [3.05, 3.63) is 71.0 Å². The molecule has 4 nitrogen and oxygen atoms in total. The Morgan fingerprint density at radius 3 is 2.20 bits per heavy atom. The Labute approximate surface area is 174 Å². The Balaban J connectivity index is 1.56. The SMILES string of the molecule is O=C(c1sc(-c2ccccc2)nc1C(F)(F)F)N1CCN(c2ccccc2F)CC1. The molecule has 2 heterocycles. The van der Waals surface area contributed by atoms with Gasteiger partial charge in [0.15, 0.2) is 5.69 Å². The van der Waals surface area contributed by atoms with Gasteiger partial charge >= 0.3 is 6.18 Å². The van der Waals surface area contributed by atoms with E-state index in [-0.39, 0.29) is 23.9 Å². The summed E-state index contributed by atoms with van der Waals surface area (Å²) < 4.78 is 54.7. The number of alkyl halides is 3. The number of halogens is 4. The minimum atomic E-state index is -4.73. The summed E-state index contributed by atoms with van der Waals surface area (Å²) in [4.78, 5) is 19.4. The number of carbonyl (C=O) groups is 1. The second-order valence-corrected chi connectivity index (χ2v) is 7.79. The molecule has 156 valence electrons. The van der Waals surface area contributed by atoms with Crippen LogP contribution in [0, 0.1) is 5.82 Å². The lowest BCUT2D eigenvalue weighted by Crippen LogP contribution is -2.49. The summed E-state index contributed by atoms with van der Waals surface area (Å²) in [5, 5.41) is 0.149. The maximum absolute atomic E-state index is 14.0. The van der Waals surface area contributed by atoms with Crippen molar-refractivity contribution in [3.8, 4) is 10.6 Å². The van der Waals surface area contributed by atoms with Gasteiger partial charge in [0.25, 0.3) is 5.91 Å². The zero-order valence-electron chi connectivity index (χ0n) is 15.7. The molecule has 30 heavy (non-hydrogen) atoms. The Bertz CT molecular complexity index is 1040. The lowest BCUT2D eigenvalue weighted by Gasteiger charge is -2.36. The van der Waals surface area contributed by atoms with E-state index >= 15 is 0 Å². The van der Waals surface area contributed by atoms with Crippen LogP contribution in [0.3, 0.4) is 0 Å². The number of carbonyl (C=O) groups excluding carboxylic acids is 1. The summed E-state index contributed by atoms with van der Waals surface area (Å²) in [6.07, 6.45) is -4.73. The van der Waals surface area contributed by atoms with E-state index in [1.165, 1.54) is 11.0 Å². The maximum Gasteiger partial charge on any atom is 0.435 e. The van der Waals surface area contributed by atoms with Crippen LogP contribution in [0.25, 0.3) is 10.6 Å². The van der Waals surface area contributed by atoms with Gasteiger partial charge in [-0.2, -0.15) is 13.2 Å². The average molecular weight is 435 g/mol. The van der Waals surface area contributed by atoms with Crippen LogP contribution >= 0.6 is 11.3 Å². The number of piperazine rings is 1. The molecule has 0 bridgehead atoms. The van der Waals surface area contributed by atoms with Gasteiger partial charge in [-0.3, -0.25) is 4.79 Å². The number of para-hydroxylation sites is 1. The van der Waals surface area contributed by atoms with Gasteiger partial charge in [-0.15, -0.1) is 11.3 Å². The molecule has 1 aromatic heterocycles. The van der Waals surface area contributed by atoms with Crippen molar-refractivity contribution in [1.82, 2.24) is 9.88 Å². The average Bonchev–Trinajstić information content (AvgIpc) is 3.21. The first-order valence-electron chi connectivity index (χ1n) is 9.27. The molecule has 1 aliphatic heterocycles. The monoisotopic (exact) mass is 435 g/mol. The number of hydrogen-bond acceptors (Lipinski definition) is 4. The van der Waals surface area contributed by atoms with Crippen LogP contribution in [0.1, 0.15) is 15.4 Å². The van der Waals surface area contributed by atoms with Gasteiger partial charge in [0, 0.05) is 31.7 Å². The predicted octanol–water partition coefficient (Wildman–Crippen LogP) is 4.93. The van der Waals surface area contributed by atoms with Gasteiger partial charge in [0.1, 0.15) is 15.7 Å². The Hall–Kier alpha value is -2.94. The first-order chi connectivity index (χ1) is 14.3. The number of hydrogen-bond donors (Lipinski definition) is 0. The Morgan fingerprint density at radius 1 is 0.933 bits per heavy atom. The number of benzene rings is 2. The van der Waals surface area contributed by atoms with E-state index in [4.69, 9.17) is 0 Å². The van der Waals surface area contributed by atoms with Crippen molar-refractivity contribution in [3.63, 3.8) is 0 Å². The molecule has 0 saturated carbocycles. The summed E-state index contributed by atoms with van der Waals surface area (Å²) in [6, 6.07) is 14.8. The van der Waals surface area contributed by atoms with Crippen molar-refractivity contribution in [2.24, 2.45) is 0 Å². The van der Waals surface area contributed by atoms with Crippen molar-refractivity contribution in [2.45, 2.75) is 6.18 Å². The highest BCUT2D eigenvalue weighted by Crippen LogP contribution is 2.38. The van der Waals surface area contributed by atoms with Gasteiger partial charge in [-0.25, -0.2) is 9.37 Å². The quantitative estimate of drug-likeness (QED) is 0.548. The molecule has 3 aromatic rings. The molecule has 1 saturated heterocycles. The Morgan fingerprint density at radius 2 is 1.57 bits per heavy atom. The number of thiazole rings is 1. The van der Waals surface area contributed by atoms with Crippen LogP contribution in [-0.2, 0) is 6.18 Å². The third-order valence-corrected chi connectivity index (χ3v) is 5.96. The van der Waals surface area contributed by atoms with E-state index in [2.05, 4.69) is 4.98 Å². The van der Waals surface area contributed by atoms with Crippen LogP contribution in [0.2, 0.25) is 0 Å². The summed E-state index contributed by atoms with van der Waals surface area (Å²) in [6.45, 7) is 1.06. The van der Waals surface area contributed by atoms with Gasteiger partial charge in [-0.1, -0.05) is 42.5 Å². The second kappa shape index (κ2) is 8.06. The molecule has 1 aliphatic rings. The predicted molar refractivity (Wildman–Crippen MR) is 107 cm³/mol. The number of aromatic nitrogens is 1. The van der Waals surface area contributed by atoms with Gasteiger partial charge < -0.3 is 9.80 Å². The fraction of sp³-hybridized carbons (Fsp3) is 0.238. The van der Waals surface area contributed by atoms with E-state index in [0.29, 0.717) is 24.3 Å². The molecule has 1 amide bonds. The van der Waals surface area contributed by atoms with E-state index in [0.717, 1.165) is 11.3 Å². The number of nitrogens with zero attached hydrogens (tertiary/aromatic N) is 3. The summed E-state index contributed by atoms with van der Waals surface area (Å²) >= 11 is 0.745. The highest BCUT2D eigenvalue weighted by molar-refractivity contribution is 7.17. The molecule has 0 spiro atoms. The van der Waals surface area contributed by atoms with Gasteiger partial charge in [0.2, 0.25) is 0 Å². The standard InChI is InChI=1S/C21H17F4N3OS/c22-15-8-4-5-9-16(15)27-10-12-28(13-11-27)20(29)17-18(21(23,24)25)26-19(30-17)14-6-2-1-3-7-14/h1-9H,10-13H2. The van der Waals surface area contributed by atoms with Crippen LogP contribution in [0.5, 0.6) is 0 Å². The molecule has 0 atom stereocenters. The van der Waals surface area contributed by atoms with Crippen molar-refractivity contribution in [1.29, 1.82) is 0 Å². The van der Waals surface area contributed by atoms with Gasteiger partial charge in [-0.05, 0) is 12.1 Å². The molecule has 0 N–H and O–H groups in total. The lowest BCUT2D eigenvalue weighted by molar-refractivity contribution is -0.141. The molecule has 4 rings (SSSR count). The third-order valence-electron chi connectivity index (χ3n) is 4.87. The molecular weight excluding hydrogens is 418 g/mol. The summed E-state index contributed by atoms with van der Waals surface area (Å²) in [5.74, 6) is -1.07. The topological polar surface area (TPSA) is 36.4 Å².